The quantitative estimate of drug-likeness (QED) is 0.441. The van der Waals surface area contributed by atoms with Gasteiger partial charge in [0.1, 0.15) is 17.5 Å². The highest BCUT2D eigenvalue weighted by Crippen LogP contribution is 2.36. The van der Waals surface area contributed by atoms with Crippen LogP contribution in [0.25, 0.3) is 11.3 Å². The molecule has 2 saturated heterocycles. The Balaban J connectivity index is 1.43. The molecule has 0 aliphatic carbocycles. The number of alkyl halides is 3. The minimum Gasteiger partial charge on any atom is -0.378 e. The van der Waals surface area contributed by atoms with Crippen molar-refractivity contribution in [3.63, 3.8) is 0 Å². The fraction of sp³-hybridized carbons (Fsp3) is 0.481. The van der Waals surface area contributed by atoms with Crippen molar-refractivity contribution in [1.29, 1.82) is 0 Å². The van der Waals surface area contributed by atoms with Crippen LogP contribution in [-0.4, -0.2) is 85.5 Å². The van der Waals surface area contributed by atoms with Crippen molar-refractivity contribution >= 4 is 23.4 Å². The average Bonchev–Trinajstić information content (AvgIpc) is 2.98. The highest BCUT2D eigenvalue weighted by atomic mass is 19.4. The van der Waals surface area contributed by atoms with E-state index in [1.807, 2.05) is 18.2 Å². The second kappa shape index (κ2) is 11.6. The molecule has 0 radical (unpaired) electrons. The Labute approximate surface area is 226 Å². The Hall–Kier alpha value is -3.67. The standard InChI is InChI=1S/C27H33F3N8O/c1-3-35(4-2)23-18-20(7-9-31-23)22-19-24(34-26(33-22)38-14-16-39-17-15-38)36-10-12-37(13-11-36)25-21(27(28,29)30)6-5-8-32-25/h5-9,18-19H,3-4,10-17H2,1-2H3. The van der Waals surface area contributed by atoms with Crippen LogP contribution in [0.4, 0.5) is 36.6 Å². The van der Waals surface area contributed by atoms with E-state index in [2.05, 4.69) is 38.5 Å². The Morgan fingerprint density at radius 3 is 2.26 bits per heavy atom. The van der Waals surface area contributed by atoms with E-state index < -0.39 is 11.7 Å². The monoisotopic (exact) mass is 542 g/mol. The van der Waals surface area contributed by atoms with E-state index in [1.165, 1.54) is 12.3 Å². The molecule has 3 aromatic heterocycles. The van der Waals surface area contributed by atoms with Crippen LogP contribution in [-0.2, 0) is 10.9 Å². The molecule has 3 aromatic rings. The van der Waals surface area contributed by atoms with E-state index in [9.17, 15) is 13.2 Å². The lowest BCUT2D eigenvalue weighted by Gasteiger charge is -2.37. The summed E-state index contributed by atoms with van der Waals surface area (Å²) >= 11 is 0. The normalized spacial score (nSPS) is 16.5. The lowest BCUT2D eigenvalue weighted by molar-refractivity contribution is -0.137. The molecular weight excluding hydrogens is 509 g/mol. The van der Waals surface area contributed by atoms with Gasteiger partial charge >= 0.3 is 6.18 Å². The van der Waals surface area contributed by atoms with Gasteiger partial charge in [-0.2, -0.15) is 18.2 Å². The summed E-state index contributed by atoms with van der Waals surface area (Å²) in [5.41, 5.74) is 1.01. The summed E-state index contributed by atoms with van der Waals surface area (Å²) in [6, 6.07) is 8.35. The molecule has 5 heterocycles. The van der Waals surface area contributed by atoms with Gasteiger partial charge in [0, 0.05) is 76.4 Å². The predicted octanol–water partition coefficient (Wildman–Crippen LogP) is 3.96. The highest BCUT2D eigenvalue weighted by molar-refractivity contribution is 5.68. The summed E-state index contributed by atoms with van der Waals surface area (Å²) < 4.78 is 46.3. The number of ether oxygens (including phenoxy) is 1. The van der Waals surface area contributed by atoms with E-state index in [1.54, 1.807) is 11.1 Å². The summed E-state index contributed by atoms with van der Waals surface area (Å²) in [5.74, 6) is 2.23. The van der Waals surface area contributed by atoms with E-state index in [-0.39, 0.29) is 5.82 Å². The third-order valence-electron chi connectivity index (χ3n) is 7.12. The lowest BCUT2D eigenvalue weighted by Crippen LogP contribution is -2.48. The first-order valence-corrected chi connectivity index (χ1v) is 13.3. The molecule has 39 heavy (non-hydrogen) atoms. The van der Waals surface area contributed by atoms with Crippen molar-refractivity contribution in [1.82, 2.24) is 19.9 Å². The van der Waals surface area contributed by atoms with Gasteiger partial charge in [-0.05, 0) is 38.1 Å². The highest BCUT2D eigenvalue weighted by Gasteiger charge is 2.36. The van der Waals surface area contributed by atoms with Crippen LogP contribution >= 0.6 is 0 Å². The number of piperazine rings is 1. The summed E-state index contributed by atoms with van der Waals surface area (Å²) in [5, 5.41) is 0. The maximum atomic E-state index is 13.6. The van der Waals surface area contributed by atoms with Gasteiger partial charge in [0.2, 0.25) is 5.95 Å². The zero-order chi connectivity index (χ0) is 27.4. The van der Waals surface area contributed by atoms with Crippen LogP contribution in [0.15, 0.2) is 42.7 Å². The number of aromatic nitrogens is 4. The van der Waals surface area contributed by atoms with Gasteiger partial charge in [-0.25, -0.2) is 15.0 Å². The fourth-order valence-corrected chi connectivity index (χ4v) is 4.95. The molecule has 5 rings (SSSR count). The van der Waals surface area contributed by atoms with Gasteiger partial charge in [-0.3, -0.25) is 0 Å². The van der Waals surface area contributed by atoms with Crippen molar-refractivity contribution in [2.24, 2.45) is 0 Å². The SMILES string of the molecule is CCN(CC)c1cc(-c2cc(N3CCN(c4ncccc4C(F)(F)F)CC3)nc(N3CCOCC3)n2)ccn1. The van der Waals surface area contributed by atoms with E-state index in [0.717, 1.165) is 42.0 Å². The summed E-state index contributed by atoms with van der Waals surface area (Å²) in [7, 11) is 0. The molecule has 208 valence electrons. The van der Waals surface area contributed by atoms with Crippen molar-refractivity contribution < 1.29 is 17.9 Å². The largest absolute Gasteiger partial charge is 0.419 e. The first-order valence-electron chi connectivity index (χ1n) is 13.3. The van der Waals surface area contributed by atoms with E-state index in [4.69, 9.17) is 14.7 Å². The van der Waals surface area contributed by atoms with Gasteiger partial charge < -0.3 is 24.3 Å². The van der Waals surface area contributed by atoms with Crippen LogP contribution in [0, 0.1) is 0 Å². The van der Waals surface area contributed by atoms with Gasteiger partial charge in [-0.1, -0.05) is 0 Å². The average molecular weight is 543 g/mol. The number of anilines is 4. The molecule has 0 saturated carbocycles. The van der Waals surface area contributed by atoms with Gasteiger partial charge in [-0.15, -0.1) is 0 Å². The topological polar surface area (TPSA) is 73.8 Å². The van der Waals surface area contributed by atoms with Crippen molar-refractivity contribution in [3.8, 4) is 11.3 Å². The molecule has 0 unspecified atom stereocenters. The molecule has 0 atom stereocenters. The maximum Gasteiger partial charge on any atom is 0.419 e. The summed E-state index contributed by atoms with van der Waals surface area (Å²) in [6.07, 6.45) is -1.25. The Kier molecular flexibility index (Phi) is 8.01. The summed E-state index contributed by atoms with van der Waals surface area (Å²) in [6.45, 7) is 10.3. The van der Waals surface area contributed by atoms with Crippen molar-refractivity contribution in [3.05, 3.63) is 48.3 Å². The van der Waals surface area contributed by atoms with Gasteiger partial charge in [0.05, 0.1) is 24.5 Å². The van der Waals surface area contributed by atoms with Crippen LogP contribution < -0.4 is 19.6 Å². The molecule has 9 nitrogen and oxygen atoms in total. The van der Waals surface area contributed by atoms with E-state index in [0.29, 0.717) is 58.4 Å². The number of hydrogen-bond donors (Lipinski definition) is 0. The smallest absolute Gasteiger partial charge is 0.378 e. The number of rotatable bonds is 7. The Morgan fingerprint density at radius 2 is 1.56 bits per heavy atom. The molecule has 12 heteroatoms. The maximum absolute atomic E-state index is 13.6. The molecule has 0 aromatic carbocycles. The second-order valence-corrected chi connectivity index (χ2v) is 9.43. The predicted molar refractivity (Wildman–Crippen MR) is 146 cm³/mol. The number of hydrogen-bond acceptors (Lipinski definition) is 9. The van der Waals surface area contributed by atoms with Gasteiger partial charge in [0.25, 0.3) is 0 Å². The molecule has 0 amide bonds. The minimum atomic E-state index is -4.45. The third-order valence-corrected chi connectivity index (χ3v) is 7.12. The van der Waals surface area contributed by atoms with Crippen molar-refractivity contribution in [2.45, 2.75) is 20.0 Å². The van der Waals surface area contributed by atoms with Crippen molar-refractivity contribution in [2.75, 3.05) is 85.2 Å². The van der Waals surface area contributed by atoms with Crippen LogP contribution in [0.5, 0.6) is 0 Å². The first kappa shape index (κ1) is 26.9. The lowest BCUT2D eigenvalue weighted by atomic mass is 10.1. The summed E-state index contributed by atoms with van der Waals surface area (Å²) in [4.78, 5) is 26.5. The number of pyridine rings is 2. The molecule has 0 bridgehead atoms. The zero-order valence-electron chi connectivity index (χ0n) is 22.2. The molecule has 0 spiro atoms. The van der Waals surface area contributed by atoms with Crippen LogP contribution in [0.3, 0.4) is 0 Å². The fourth-order valence-electron chi connectivity index (χ4n) is 4.95. The van der Waals surface area contributed by atoms with E-state index >= 15 is 0 Å². The first-order chi connectivity index (χ1) is 18.9. The number of morpholine rings is 1. The molecule has 2 fully saturated rings. The van der Waals surface area contributed by atoms with Crippen LogP contribution in [0.1, 0.15) is 19.4 Å². The molecular formula is C27H33F3N8O. The second-order valence-electron chi connectivity index (χ2n) is 9.43. The molecule has 2 aliphatic heterocycles. The Bertz CT molecular complexity index is 1260. The number of nitrogens with zero attached hydrogens (tertiary/aromatic N) is 8. The molecule has 2 aliphatic rings. The minimum absolute atomic E-state index is 0.0252. The number of halogens is 3. The Morgan fingerprint density at radius 1 is 0.846 bits per heavy atom. The van der Waals surface area contributed by atoms with Gasteiger partial charge in [0.15, 0.2) is 0 Å². The zero-order valence-corrected chi connectivity index (χ0v) is 22.2. The molecule has 0 N–H and O–H groups in total. The van der Waals surface area contributed by atoms with Crippen LogP contribution in [0.2, 0.25) is 0 Å². The third kappa shape index (κ3) is 6.00.